The van der Waals surface area contributed by atoms with Gasteiger partial charge < -0.3 is 5.32 Å². The van der Waals surface area contributed by atoms with Crippen molar-refractivity contribution in [2.45, 2.75) is 49.7 Å². The van der Waals surface area contributed by atoms with E-state index >= 15 is 0 Å². The Balaban J connectivity index is 2.33. The predicted molar refractivity (Wildman–Crippen MR) is 106 cm³/mol. The van der Waals surface area contributed by atoms with Crippen molar-refractivity contribution >= 4 is 37.5 Å². The molecule has 1 aromatic carbocycles. The van der Waals surface area contributed by atoms with Gasteiger partial charge in [-0.25, -0.2) is 8.42 Å². The van der Waals surface area contributed by atoms with E-state index < -0.39 is 20.5 Å². The third kappa shape index (κ3) is 3.86. The number of sulfone groups is 1. The van der Waals surface area contributed by atoms with Gasteiger partial charge in [0.2, 0.25) is 5.91 Å². The molecule has 1 N–H and O–H groups in total. The van der Waals surface area contributed by atoms with Crippen LogP contribution in [0.25, 0.3) is 0 Å². The third-order valence-electron chi connectivity index (χ3n) is 4.23. The zero-order chi connectivity index (χ0) is 19.9. The largest absolute Gasteiger partial charge is 0.310 e. The lowest BCUT2D eigenvalue weighted by Crippen LogP contribution is -2.44. The molecule has 0 unspecified atom stereocenters. The summed E-state index contributed by atoms with van der Waals surface area (Å²) in [4.78, 5) is 12.9. The van der Waals surface area contributed by atoms with E-state index in [1.807, 2.05) is 20.8 Å². The number of halogens is 1. The van der Waals surface area contributed by atoms with Crippen molar-refractivity contribution in [3.05, 3.63) is 40.5 Å². The normalized spacial score (nSPS) is 12.9. The lowest BCUT2D eigenvalue weighted by molar-refractivity contribution is -0.117. The Kier molecular flexibility index (Phi) is 5.41. The van der Waals surface area contributed by atoms with Gasteiger partial charge in [0, 0.05) is 23.0 Å². The molecule has 2 aromatic rings. The second-order valence-electron chi connectivity index (χ2n) is 7.71. The Labute approximate surface area is 163 Å². The number of carbonyl (C=O) groups is 1. The van der Waals surface area contributed by atoms with Crippen LogP contribution in [-0.4, -0.2) is 28.9 Å². The second-order valence-corrected chi connectivity index (χ2v) is 11.1. The van der Waals surface area contributed by atoms with Gasteiger partial charge in [-0.05, 0) is 38.1 Å². The van der Waals surface area contributed by atoms with Crippen molar-refractivity contribution in [3.8, 4) is 0 Å². The average molecular weight is 442 g/mol. The van der Waals surface area contributed by atoms with Crippen molar-refractivity contribution in [1.29, 1.82) is 0 Å². The van der Waals surface area contributed by atoms with Crippen molar-refractivity contribution < 1.29 is 13.2 Å². The first-order valence-electron chi connectivity index (χ1n) is 8.13. The van der Waals surface area contributed by atoms with Crippen LogP contribution in [0.1, 0.15) is 40.3 Å². The molecule has 6 nitrogen and oxygen atoms in total. The zero-order valence-corrected chi connectivity index (χ0v) is 18.2. The molecule has 2 rings (SSSR count). The summed E-state index contributed by atoms with van der Waals surface area (Å²) in [6.07, 6.45) is 0. The van der Waals surface area contributed by atoms with Gasteiger partial charge in [-0.1, -0.05) is 36.7 Å². The van der Waals surface area contributed by atoms with Gasteiger partial charge in [0.15, 0.2) is 9.84 Å². The maximum absolute atomic E-state index is 12.9. The molecule has 0 aliphatic rings. The molecule has 0 fully saturated rings. The van der Waals surface area contributed by atoms with Gasteiger partial charge in [-0.15, -0.1) is 0 Å². The Bertz CT molecular complexity index is 924. The second kappa shape index (κ2) is 6.81. The van der Waals surface area contributed by atoms with Gasteiger partial charge in [-0.3, -0.25) is 9.48 Å². The molecular formula is C18H24BrN3O3S. The molecule has 1 aromatic heterocycles. The van der Waals surface area contributed by atoms with E-state index in [2.05, 4.69) is 26.3 Å². The minimum atomic E-state index is -3.87. The van der Waals surface area contributed by atoms with Crippen LogP contribution < -0.4 is 5.32 Å². The molecular weight excluding hydrogens is 418 g/mol. The smallest absolute Gasteiger partial charge is 0.246 e. The van der Waals surface area contributed by atoms with Crippen LogP contribution in [0.4, 0.5) is 5.82 Å². The first kappa shape index (κ1) is 20.6. The summed E-state index contributed by atoms with van der Waals surface area (Å²) < 4.78 is 26.6. The van der Waals surface area contributed by atoms with Gasteiger partial charge in [0.25, 0.3) is 0 Å². The summed E-state index contributed by atoms with van der Waals surface area (Å²) in [6, 6.07) is 8.00. The van der Waals surface area contributed by atoms with Crippen LogP contribution in [-0.2, 0) is 27.1 Å². The van der Waals surface area contributed by atoms with Crippen molar-refractivity contribution in [2.75, 3.05) is 5.32 Å². The maximum Gasteiger partial charge on any atom is 0.246 e. The standard InChI is InChI=1S/C18H24BrN3O3S/c1-17(2,3)14-11-15(22(6)21-14)20-16(23)18(4,5)26(24,25)13-9-7-12(19)8-10-13/h7-11H,1-6H3,(H,20,23). The summed E-state index contributed by atoms with van der Waals surface area (Å²) in [7, 11) is -2.16. The summed E-state index contributed by atoms with van der Waals surface area (Å²) in [6.45, 7) is 8.86. The quantitative estimate of drug-likeness (QED) is 0.784. The van der Waals surface area contributed by atoms with Crippen LogP contribution in [0.15, 0.2) is 39.7 Å². The lowest BCUT2D eigenvalue weighted by atomic mass is 9.92. The van der Waals surface area contributed by atoms with E-state index in [1.54, 1.807) is 29.9 Å². The number of amides is 1. The number of nitrogens with zero attached hydrogens (tertiary/aromatic N) is 2. The van der Waals surface area contributed by atoms with Crippen LogP contribution >= 0.6 is 15.9 Å². The Morgan fingerprint density at radius 3 is 2.12 bits per heavy atom. The molecule has 1 amide bonds. The summed E-state index contributed by atoms with van der Waals surface area (Å²) >= 11 is 3.28. The van der Waals surface area contributed by atoms with E-state index in [-0.39, 0.29) is 10.3 Å². The number of nitrogens with one attached hydrogen (secondary N) is 1. The number of anilines is 1. The highest BCUT2D eigenvalue weighted by atomic mass is 79.9. The Hall–Kier alpha value is -1.67. The van der Waals surface area contributed by atoms with Crippen molar-refractivity contribution in [3.63, 3.8) is 0 Å². The third-order valence-corrected chi connectivity index (χ3v) is 7.18. The number of carbonyl (C=O) groups excluding carboxylic acids is 1. The minimum absolute atomic E-state index is 0.0984. The van der Waals surface area contributed by atoms with E-state index in [4.69, 9.17) is 0 Å². The highest BCUT2D eigenvalue weighted by Crippen LogP contribution is 2.29. The molecule has 0 aliphatic carbocycles. The monoisotopic (exact) mass is 441 g/mol. The number of aryl methyl sites for hydroxylation is 1. The van der Waals surface area contributed by atoms with E-state index in [9.17, 15) is 13.2 Å². The van der Waals surface area contributed by atoms with Gasteiger partial charge in [0.05, 0.1) is 10.6 Å². The fraction of sp³-hybridized carbons (Fsp3) is 0.444. The number of rotatable bonds is 4. The molecule has 0 aliphatic heterocycles. The molecule has 8 heteroatoms. The predicted octanol–water partition coefficient (Wildman–Crippen LogP) is 3.67. The van der Waals surface area contributed by atoms with Crippen molar-refractivity contribution in [1.82, 2.24) is 9.78 Å². The van der Waals surface area contributed by atoms with Crippen LogP contribution in [0.2, 0.25) is 0 Å². The first-order chi connectivity index (χ1) is 11.8. The van der Waals surface area contributed by atoms with E-state index in [0.717, 1.165) is 10.2 Å². The van der Waals surface area contributed by atoms with Gasteiger partial charge in [-0.2, -0.15) is 5.10 Å². The Morgan fingerprint density at radius 2 is 1.65 bits per heavy atom. The fourth-order valence-electron chi connectivity index (χ4n) is 2.25. The van der Waals surface area contributed by atoms with Gasteiger partial charge >= 0.3 is 0 Å². The molecule has 0 bridgehead atoms. The molecule has 0 saturated heterocycles. The number of benzene rings is 1. The van der Waals surface area contributed by atoms with Crippen LogP contribution in [0, 0.1) is 0 Å². The molecule has 1 heterocycles. The maximum atomic E-state index is 12.9. The molecule has 0 atom stereocenters. The zero-order valence-electron chi connectivity index (χ0n) is 15.8. The Morgan fingerprint density at radius 1 is 1.12 bits per heavy atom. The topological polar surface area (TPSA) is 81.1 Å². The first-order valence-corrected chi connectivity index (χ1v) is 10.4. The molecule has 0 radical (unpaired) electrons. The summed E-state index contributed by atoms with van der Waals surface area (Å²) in [5.41, 5.74) is 0.628. The van der Waals surface area contributed by atoms with E-state index in [0.29, 0.717) is 5.82 Å². The number of aromatic nitrogens is 2. The summed E-state index contributed by atoms with van der Waals surface area (Å²) in [5.74, 6) is -0.150. The lowest BCUT2D eigenvalue weighted by Gasteiger charge is -2.23. The molecule has 0 saturated carbocycles. The fourth-order valence-corrected chi connectivity index (χ4v) is 3.89. The van der Waals surface area contributed by atoms with E-state index in [1.165, 1.54) is 26.0 Å². The van der Waals surface area contributed by atoms with Crippen LogP contribution in [0.5, 0.6) is 0 Å². The minimum Gasteiger partial charge on any atom is -0.310 e. The molecule has 142 valence electrons. The molecule has 26 heavy (non-hydrogen) atoms. The SMILES string of the molecule is Cn1nc(C(C)(C)C)cc1NC(=O)C(C)(C)S(=O)(=O)c1ccc(Br)cc1. The number of hydrogen-bond acceptors (Lipinski definition) is 4. The summed E-state index contributed by atoms with van der Waals surface area (Å²) in [5, 5.41) is 7.10. The molecule has 0 spiro atoms. The number of hydrogen-bond donors (Lipinski definition) is 1. The highest BCUT2D eigenvalue weighted by molar-refractivity contribution is 9.10. The average Bonchev–Trinajstić information content (AvgIpc) is 2.88. The highest BCUT2D eigenvalue weighted by Gasteiger charge is 2.43. The van der Waals surface area contributed by atoms with Crippen LogP contribution in [0.3, 0.4) is 0 Å². The van der Waals surface area contributed by atoms with Crippen molar-refractivity contribution in [2.24, 2.45) is 7.05 Å². The van der Waals surface area contributed by atoms with Gasteiger partial charge in [0.1, 0.15) is 10.6 Å².